The van der Waals surface area contributed by atoms with Gasteiger partial charge in [0.2, 0.25) is 0 Å². The number of rotatable bonds is 5. The standard InChI is InChI=1S/C25H26O4S2/c26-31(27,21-7-2-1-3-8-21)25-12-11-24(30-25)20-6-4-5-18(16-20)15-19-9-10-22-23(17-19)29-14-13-28-22/h4-6,9-12,16-17,21H,1-3,7-8,13-15H2. The highest BCUT2D eigenvalue weighted by Crippen LogP contribution is 2.36. The second kappa shape index (κ2) is 8.67. The zero-order valence-electron chi connectivity index (χ0n) is 17.4. The number of benzene rings is 2. The molecule has 1 saturated carbocycles. The summed E-state index contributed by atoms with van der Waals surface area (Å²) in [5.41, 5.74) is 3.40. The first kappa shape index (κ1) is 20.6. The fourth-order valence-corrected chi connectivity index (χ4v) is 7.85. The molecule has 0 atom stereocenters. The molecular weight excluding hydrogens is 428 g/mol. The van der Waals surface area contributed by atoms with Gasteiger partial charge in [0, 0.05) is 4.88 Å². The summed E-state index contributed by atoms with van der Waals surface area (Å²) in [6.07, 6.45) is 5.55. The first-order valence-electron chi connectivity index (χ1n) is 10.9. The summed E-state index contributed by atoms with van der Waals surface area (Å²) in [5.74, 6) is 1.60. The molecular formula is C25H26O4S2. The molecule has 2 aromatic carbocycles. The number of thiophene rings is 1. The molecule has 6 heteroatoms. The van der Waals surface area contributed by atoms with Gasteiger partial charge in [0.25, 0.3) is 0 Å². The molecule has 0 bridgehead atoms. The van der Waals surface area contributed by atoms with Crippen LogP contribution in [0.25, 0.3) is 10.4 Å². The Kier molecular flexibility index (Phi) is 5.76. The van der Waals surface area contributed by atoms with E-state index in [4.69, 9.17) is 9.47 Å². The van der Waals surface area contributed by atoms with E-state index >= 15 is 0 Å². The van der Waals surface area contributed by atoms with Gasteiger partial charge in [0.1, 0.15) is 17.4 Å². The third-order valence-corrected chi connectivity index (χ3v) is 10.0. The first-order chi connectivity index (χ1) is 15.1. The summed E-state index contributed by atoms with van der Waals surface area (Å²) in [4.78, 5) is 0.999. The molecule has 2 aliphatic rings. The Morgan fingerprint density at radius 1 is 0.839 bits per heavy atom. The summed E-state index contributed by atoms with van der Waals surface area (Å²) in [6.45, 7) is 1.17. The van der Waals surface area contributed by atoms with E-state index in [1.165, 1.54) is 16.9 Å². The fraction of sp³-hybridized carbons (Fsp3) is 0.360. The summed E-state index contributed by atoms with van der Waals surface area (Å²) < 4.78 is 37.9. The highest BCUT2D eigenvalue weighted by Gasteiger charge is 2.30. The largest absolute Gasteiger partial charge is 0.486 e. The molecule has 2 heterocycles. The van der Waals surface area contributed by atoms with E-state index in [-0.39, 0.29) is 5.25 Å². The van der Waals surface area contributed by atoms with Crippen LogP contribution in [0.15, 0.2) is 58.8 Å². The number of hydrogen-bond acceptors (Lipinski definition) is 5. The minimum atomic E-state index is -3.22. The van der Waals surface area contributed by atoms with Gasteiger partial charge in [-0.2, -0.15) is 0 Å². The topological polar surface area (TPSA) is 52.6 Å². The van der Waals surface area contributed by atoms with Crippen LogP contribution in [0.4, 0.5) is 0 Å². The maximum atomic E-state index is 13.0. The molecule has 31 heavy (non-hydrogen) atoms. The maximum absolute atomic E-state index is 13.0. The van der Waals surface area contributed by atoms with Crippen molar-refractivity contribution in [3.63, 3.8) is 0 Å². The van der Waals surface area contributed by atoms with Crippen molar-refractivity contribution >= 4 is 21.2 Å². The minimum Gasteiger partial charge on any atom is -0.486 e. The zero-order chi connectivity index (χ0) is 21.3. The van der Waals surface area contributed by atoms with E-state index in [2.05, 4.69) is 24.3 Å². The van der Waals surface area contributed by atoms with E-state index in [1.807, 2.05) is 24.3 Å². The molecule has 3 aromatic rings. The Morgan fingerprint density at radius 2 is 1.61 bits per heavy atom. The van der Waals surface area contributed by atoms with E-state index in [9.17, 15) is 8.42 Å². The Morgan fingerprint density at radius 3 is 2.45 bits per heavy atom. The Balaban J connectivity index is 1.36. The number of sulfone groups is 1. The van der Waals surface area contributed by atoms with Crippen LogP contribution in [0, 0.1) is 0 Å². The molecule has 0 N–H and O–H groups in total. The molecule has 0 radical (unpaired) electrons. The van der Waals surface area contributed by atoms with E-state index < -0.39 is 9.84 Å². The van der Waals surface area contributed by atoms with Gasteiger partial charge in [-0.1, -0.05) is 49.6 Å². The lowest BCUT2D eigenvalue weighted by molar-refractivity contribution is 0.171. The van der Waals surface area contributed by atoms with E-state index in [0.29, 0.717) is 17.4 Å². The molecule has 5 rings (SSSR count). The minimum absolute atomic E-state index is 0.214. The lowest BCUT2D eigenvalue weighted by Gasteiger charge is -2.20. The average molecular weight is 455 g/mol. The van der Waals surface area contributed by atoms with E-state index in [0.717, 1.165) is 66.0 Å². The molecule has 0 unspecified atom stereocenters. The van der Waals surface area contributed by atoms with Gasteiger partial charge in [-0.25, -0.2) is 8.42 Å². The van der Waals surface area contributed by atoms with Crippen molar-refractivity contribution in [3.8, 4) is 21.9 Å². The van der Waals surface area contributed by atoms with Crippen molar-refractivity contribution in [2.24, 2.45) is 0 Å². The van der Waals surface area contributed by atoms with Crippen molar-refractivity contribution < 1.29 is 17.9 Å². The summed E-state index contributed by atoms with van der Waals surface area (Å²) in [6, 6.07) is 18.2. The molecule has 1 fully saturated rings. The maximum Gasteiger partial charge on any atom is 0.190 e. The van der Waals surface area contributed by atoms with Crippen LogP contribution in [-0.2, 0) is 16.3 Å². The lowest BCUT2D eigenvalue weighted by atomic mass is 10.0. The molecule has 0 amide bonds. The van der Waals surface area contributed by atoms with Crippen molar-refractivity contribution in [2.75, 3.05) is 13.2 Å². The van der Waals surface area contributed by atoms with Crippen molar-refractivity contribution in [2.45, 2.75) is 48.0 Å². The van der Waals surface area contributed by atoms with Gasteiger partial charge in [-0.15, -0.1) is 11.3 Å². The van der Waals surface area contributed by atoms with Crippen LogP contribution in [-0.4, -0.2) is 26.9 Å². The molecule has 1 aliphatic heterocycles. The van der Waals surface area contributed by atoms with Crippen LogP contribution in [0.1, 0.15) is 43.2 Å². The molecule has 1 aliphatic carbocycles. The van der Waals surface area contributed by atoms with Crippen molar-refractivity contribution in [1.82, 2.24) is 0 Å². The third kappa shape index (κ3) is 4.37. The second-order valence-corrected chi connectivity index (χ2v) is 11.8. The Hall–Kier alpha value is -2.31. The predicted octanol–water partition coefficient (Wildman–Crippen LogP) is 5.88. The lowest BCUT2D eigenvalue weighted by Crippen LogP contribution is -2.23. The van der Waals surface area contributed by atoms with Gasteiger partial charge in [-0.05, 0) is 60.2 Å². The van der Waals surface area contributed by atoms with Crippen LogP contribution < -0.4 is 9.47 Å². The van der Waals surface area contributed by atoms with Crippen LogP contribution in [0.5, 0.6) is 11.5 Å². The van der Waals surface area contributed by atoms with Crippen LogP contribution >= 0.6 is 11.3 Å². The van der Waals surface area contributed by atoms with Crippen LogP contribution in [0.2, 0.25) is 0 Å². The molecule has 162 valence electrons. The third-order valence-electron chi connectivity index (χ3n) is 6.08. The van der Waals surface area contributed by atoms with Gasteiger partial charge < -0.3 is 9.47 Å². The van der Waals surface area contributed by atoms with Gasteiger partial charge in [-0.3, -0.25) is 0 Å². The highest BCUT2D eigenvalue weighted by molar-refractivity contribution is 7.94. The van der Waals surface area contributed by atoms with E-state index in [1.54, 1.807) is 6.07 Å². The molecule has 4 nitrogen and oxygen atoms in total. The normalized spacial score (nSPS) is 16.9. The fourth-order valence-electron chi connectivity index (χ4n) is 4.44. The monoisotopic (exact) mass is 454 g/mol. The second-order valence-electron chi connectivity index (χ2n) is 8.28. The SMILES string of the molecule is O=S(=O)(c1ccc(-c2cccc(Cc3ccc4c(c3)OCCO4)c2)s1)C1CCCCC1. The highest BCUT2D eigenvalue weighted by atomic mass is 32.2. The average Bonchev–Trinajstić information content (AvgIpc) is 3.31. The van der Waals surface area contributed by atoms with Gasteiger partial charge in [0.15, 0.2) is 21.3 Å². The van der Waals surface area contributed by atoms with Crippen molar-refractivity contribution in [3.05, 3.63) is 65.7 Å². The summed E-state index contributed by atoms with van der Waals surface area (Å²) in [7, 11) is -3.22. The number of ether oxygens (including phenoxy) is 2. The molecule has 0 saturated heterocycles. The smallest absolute Gasteiger partial charge is 0.190 e. The Bertz CT molecular complexity index is 1170. The number of fused-ring (bicyclic) bond motifs is 1. The predicted molar refractivity (Wildman–Crippen MR) is 124 cm³/mol. The molecule has 0 spiro atoms. The number of hydrogen-bond donors (Lipinski definition) is 0. The van der Waals surface area contributed by atoms with Crippen LogP contribution in [0.3, 0.4) is 0 Å². The van der Waals surface area contributed by atoms with Gasteiger partial charge >= 0.3 is 0 Å². The zero-order valence-corrected chi connectivity index (χ0v) is 19.0. The summed E-state index contributed by atoms with van der Waals surface area (Å²) in [5, 5.41) is -0.214. The quantitative estimate of drug-likeness (QED) is 0.483. The Labute approximate surface area is 187 Å². The van der Waals surface area contributed by atoms with Crippen molar-refractivity contribution in [1.29, 1.82) is 0 Å². The first-order valence-corrected chi connectivity index (χ1v) is 13.3. The van der Waals surface area contributed by atoms with Gasteiger partial charge in [0.05, 0.1) is 5.25 Å². The molecule has 1 aromatic heterocycles. The summed E-state index contributed by atoms with van der Waals surface area (Å²) >= 11 is 1.40.